The van der Waals surface area contributed by atoms with Gasteiger partial charge in [-0.3, -0.25) is 9.59 Å². The second-order valence-corrected chi connectivity index (χ2v) is 8.29. The number of aryl methyl sites for hydroxylation is 1. The Morgan fingerprint density at radius 1 is 0.688 bits per heavy atom. The van der Waals surface area contributed by atoms with E-state index in [9.17, 15) is 9.59 Å². The van der Waals surface area contributed by atoms with E-state index < -0.39 is 8.38 Å². The summed E-state index contributed by atoms with van der Waals surface area (Å²) in [5.41, 5.74) is 1.87. The lowest BCUT2D eigenvalue weighted by atomic mass is 10.1. The van der Waals surface area contributed by atoms with Crippen molar-refractivity contribution < 1.29 is 28.1 Å². The molecule has 1 unspecified atom stereocenters. The van der Waals surface area contributed by atoms with Crippen molar-refractivity contribution in [3.05, 3.63) is 90.0 Å². The van der Waals surface area contributed by atoms with Gasteiger partial charge in [-0.25, -0.2) is 0 Å². The minimum atomic E-state index is -1.43. The van der Waals surface area contributed by atoms with E-state index in [0.717, 1.165) is 16.4 Å². The number of methoxy groups -OCH3 is 2. The first-order valence-electron chi connectivity index (χ1n) is 10.1. The molecule has 0 spiro atoms. The summed E-state index contributed by atoms with van der Waals surface area (Å²) in [4.78, 5) is 22.8. The Hall–Kier alpha value is -3.37. The smallest absolute Gasteiger partial charge is 0.326 e. The minimum Gasteiger partial charge on any atom is -0.469 e. The molecule has 0 aliphatic carbocycles. The van der Waals surface area contributed by atoms with Crippen LogP contribution < -0.4 is 14.4 Å². The fraction of sp³-hybridized carbons (Fsp3) is 0.200. The Morgan fingerprint density at radius 3 is 1.75 bits per heavy atom. The summed E-state index contributed by atoms with van der Waals surface area (Å²) >= 11 is 0. The zero-order valence-electron chi connectivity index (χ0n) is 18.0. The topological polar surface area (TPSA) is 71.1 Å². The predicted molar refractivity (Wildman–Crippen MR) is 123 cm³/mol. The minimum absolute atomic E-state index is 0.211. The third kappa shape index (κ3) is 7.10. The second-order valence-electron chi connectivity index (χ2n) is 6.89. The first-order chi connectivity index (χ1) is 15.6. The number of benzene rings is 3. The van der Waals surface area contributed by atoms with Crippen LogP contribution in [0.1, 0.15) is 17.5 Å². The van der Waals surface area contributed by atoms with E-state index >= 15 is 0 Å². The number of esters is 2. The summed E-state index contributed by atoms with van der Waals surface area (Å²) in [5.74, 6) is 0.792. The average Bonchev–Trinajstić information content (AvgIpc) is 2.84. The number of ether oxygens (including phenoxy) is 2. The molecule has 0 radical (unpaired) electrons. The molecule has 0 aliphatic rings. The first-order valence-corrected chi connectivity index (χ1v) is 11.3. The standard InChI is InChI=1S/C25H25O6P/c1-28-24(26)17-12-19-8-13-21(14-9-19)30-32(23-6-4-3-5-7-23)31-22-15-10-20(11-16-22)18-25(27)29-2/h3-11,13-16H,12,17-18H2,1-2H3. The number of rotatable bonds is 10. The van der Waals surface area contributed by atoms with Crippen LogP contribution in [0.3, 0.4) is 0 Å². The molecule has 32 heavy (non-hydrogen) atoms. The van der Waals surface area contributed by atoms with E-state index in [1.54, 1.807) is 0 Å². The molecule has 7 heteroatoms. The van der Waals surface area contributed by atoms with E-state index in [1.165, 1.54) is 14.2 Å². The predicted octanol–water partition coefficient (Wildman–Crippen LogP) is 4.60. The maximum Gasteiger partial charge on any atom is 0.326 e. The monoisotopic (exact) mass is 452 g/mol. The van der Waals surface area contributed by atoms with E-state index in [-0.39, 0.29) is 18.4 Å². The molecule has 6 nitrogen and oxygen atoms in total. The summed E-state index contributed by atoms with van der Waals surface area (Å²) in [6.07, 6.45) is 1.15. The van der Waals surface area contributed by atoms with Gasteiger partial charge in [0, 0.05) is 6.42 Å². The summed E-state index contributed by atoms with van der Waals surface area (Å²) in [7, 11) is 1.32. The molecular weight excluding hydrogens is 427 g/mol. The van der Waals surface area contributed by atoms with Crippen molar-refractivity contribution in [2.24, 2.45) is 0 Å². The highest BCUT2D eigenvalue weighted by molar-refractivity contribution is 7.56. The fourth-order valence-corrected chi connectivity index (χ4v) is 4.13. The molecule has 0 aromatic heterocycles. The molecule has 0 aliphatic heterocycles. The lowest BCUT2D eigenvalue weighted by Crippen LogP contribution is -2.10. The van der Waals surface area contributed by atoms with Gasteiger partial charge in [-0.15, -0.1) is 0 Å². The van der Waals surface area contributed by atoms with Crippen molar-refractivity contribution in [1.82, 2.24) is 0 Å². The van der Waals surface area contributed by atoms with Crippen molar-refractivity contribution in [2.75, 3.05) is 14.2 Å². The van der Waals surface area contributed by atoms with Crippen molar-refractivity contribution in [3.8, 4) is 11.5 Å². The zero-order valence-corrected chi connectivity index (χ0v) is 18.9. The summed E-state index contributed by atoms with van der Waals surface area (Å²) < 4.78 is 21.8. The summed E-state index contributed by atoms with van der Waals surface area (Å²) in [6, 6.07) is 24.6. The van der Waals surface area contributed by atoms with Gasteiger partial charge in [0.05, 0.1) is 25.9 Å². The average molecular weight is 452 g/mol. The Balaban J connectivity index is 1.70. The zero-order chi connectivity index (χ0) is 22.8. The molecule has 3 rings (SSSR count). The molecule has 166 valence electrons. The second kappa shape index (κ2) is 11.9. The third-order valence-electron chi connectivity index (χ3n) is 4.61. The summed E-state index contributed by atoms with van der Waals surface area (Å²) in [6.45, 7) is 0. The molecule has 0 saturated heterocycles. The van der Waals surface area contributed by atoms with Crippen LogP contribution in [0.2, 0.25) is 0 Å². The molecule has 0 heterocycles. The van der Waals surface area contributed by atoms with Gasteiger partial charge < -0.3 is 18.5 Å². The van der Waals surface area contributed by atoms with Gasteiger partial charge in [-0.1, -0.05) is 42.5 Å². The van der Waals surface area contributed by atoms with Crippen molar-refractivity contribution in [1.29, 1.82) is 0 Å². The highest BCUT2D eigenvalue weighted by atomic mass is 31.2. The van der Waals surface area contributed by atoms with Gasteiger partial charge in [0.15, 0.2) is 0 Å². The van der Waals surface area contributed by atoms with Gasteiger partial charge in [0.25, 0.3) is 0 Å². The Morgan fingerprint density at radius 2 is 1.22 bits per heavy atom. The van der Waals surface area contributed by atoms with Crippen LogP contribution in [-0.2, 0) is 31.9 Å². The van der Waals surface area contributed by atoms with Crippen LogP contribution in [0, 0.1) is 0 Å². The van der Waals surface area contributed by atoms with Crippen LogP contribution >= 0.6 is 8.38 Å². The van der Waals surface area contributed by atoms with E-state index in [4.69, 9.17) is 13.8 Å². The molecule has 3 aromatic rings. The first kappa shape index (κ1) is 23.3. The molecule has 0 saturated carbocycles. The van der Waals surface area contributed by atoms with E-state index in [0.29, 0.717) is 24.3 Å². The summed E-state index contributed by atoms with van der Waals surface area (Å²) in [5, 5.41) is 0.927. The molecule has 0 N–H and O–H groups in total. The van der Waals surface area contributed by atoms with E-state index in [2.05, 4.69) is 4.74 Å². The van der Waals surface area contributed by atoms with Crippen molar-refractivity contribution in [3.63, 3.8) is 0 Å². The number of carbonyl (C=O) groups excluding carboxylic acids is 2. The van der Waals surface area contributed by atoms with Crippen molar-refractivity contribution in [2.45, 2.75) is 19.3 Å². The maximum atomic E-state index is 11.5. The Labute approximate surface area is 189 Å². The van der Waals surface area contributed by atoms with Gasteiger partial charge >= 0.3 is 20.3 Å². The van der Waals surface area contributed by atoms with Crippen LogP contribution in [0.25, 0.3) is 0 Å². The Bertz CT molecular complexity index is 1000. The van der Waals surface area contributed by atoms with Gasteiger partial charge in [-0.2, -0.15) is 0 Å². The normalized spacial score (nSPS) is 11.3. The van der Waals surface area contributed by atoms with Crippen LogP contribution in [0.5, 0.6) is 11.5 Å². The van der Waals surface area contributed by atoms with Crippen LogP contribution in [0.15, 0.2) is 78.9 Å². The lowest BCUT2D eigenvalue weighted by molar-refractivity contribution is -0.141. The lowest BCUT2D eigenvalue weighted by Gasteiger charge is -2.19. The highest BCUT2D eigenvalue weighted by Gasteiger charge is 2.18. The highest BCUT2D eigenvalue weighted by Crippen LogP contribution is 2.39. The third-order valence-corrected chi connectivity index (χ3v) is 6.09. The maximum absolute atomic E-state index is 11.5. The van der Waals surface area contributed by atoms with Gasteiger partial charge in [0.2, 0.25) is 0 Å². The molecule has 0 amide bonds. The molecule has 3 aromatic carbocycles. The number of carbonyl (C=O) groups is 2. The SMILES string of the molecule is COC(=O)CCc1ccc(OP(Oc2ccc(CC(=O)OC)cc2)c2ccccc2)cc1. The fourth-order valence-electron chi connectivity index (χ4n) is 2.84. The van der Waals surface area contributed by atoms with Gasteiger partial charge in [-0.05, 0) is 53.9 Å². The quantitative estimate of drug-likeness (QED) is 0.331. The molecule has 0 bridgehead atoms. The largest absolute Gasteiger partial charge is 0.469 e. The van der Waals surface area contributed by atoms with Crippen LogP contribution in [-0.4, -0.2) is 26.2 Å². The molecular formula is C25H25O6P. The molecule has 1 atom stereocenters. The van der Waals surface area contributed by atoms with E-state index in [1.807, 2.05) is 78.9 Å². The van der Waals surface area contributed by atoms with Crippen LogP contribution in [0.4, 0.5) is 0 Å². The van der Waals surface area contributed by atoms with Gasteiger partial charge in [0.1, 0.15) is 11.5 Å². The number of hydrogen-bond donors (Lipinski definition) is 0. The Kier molecular flexibility index (Phi) is 8.64. The number of hydrogen-bond acceptors (Lipinski definition) is 6. The van der Waals surface area contributed by atoms with Crippen molar-refractivity contribution >= 4 is 25.6 Å². The molecule has 0 fully saturated rings.